The maximum Gasteiger partial charge on any atom is 0.227 e. The molecule has 1 aromatic heterocycles. The molecule has 1 saturated carbocycles. The maximum atomic E-state index is 12.8. The minimum absolute atomic E-state index is 0.0538. The summed E-state index contributed by atoms with van der Waals surface area (Å²) in [5.41, 5.74) is 0.235. The summed E-state index contributed by atoms with van der Waals surface area (Å²) in [6.45, 7) is 5.21. The average Bonchev–Trinajstić information content (AvgIpc) is 3.38. The minimum atomic E-state index is -0.0538. The number of likely N-dealkylation sites (tertiary alicyclic amines) is 2. The van der Waals surface area contributed by atoms with Crippen molar-refractivity contribution in [2.45, 2.75) is 70.9 Å². The van der Waals surface area contributed by atoms with Crippen LogP contribution < -0.4 is 0 Å². The van der Waals surface area contributed by atoms with Crippen LogP contribution >= 0.6 is 0 Å². The highest BCUT2D eigenvalue weighted by molar-refractivity contribution is 5.79. The quantitative estimate of drug-likeness (QED) is 0.816. The molecule has 0 aromatic carbocycles. The summed E-state index contributed by atoms with van der Waals surface area (Å²) in [6.07, 6.45) is 12.3. The molecular weight excluding hydrogens is 340 g/mol. The monoisotopic (exact) mass is 372 g/mol. The van der Waals surface area contributed by atoms with Gasteiger partial charge in [0.2, 0.25) is 11.8 Å². The van der Waals surface area contributed by atoms with Crippen molar-refractivity contribution in [1.82, 2.24) is 19.6 Å². The van der Waals surface area contributed by atoms with E-state index in [1.165, 1.54) is 25.7 Å². The lowest BCUT2D eigenvalue weighted by molar-refractivity contribution is -0.146. The predicted molar refractivity (Wildman–Crippen MR) is 103 cm³/mol. The Morgan fingerprint density at radius 2 is 2.00 bits per heavy atom. The van der Waals surface area contributed by atoms with Gasteiger partial charge in [0.15, 0.2) is 0 Å². The number of nitrogens with zero attached hydrogens (tertiary/aromatic N) is 4. The van der Waals surface area contributed by atoms with E-state index in [1.54, 1.807) is 6.20 Å². The Bertz CT molecular complexity index is 658. The van der Waals surface area contributed by atoms with E-state index >= 15 is 0 Å². The zero-order chi connectivity index (χ0) is 18.9. The molecule has 2 amide bonds. The molecule has 27 heavy (non-hydrogen) atoms. The van der Waals surface area contributed by atoms with Gasteiger partial charge in [0, 0.05) is 44.5 Å². The van der Waals surface area contributed by atoms with Gasteiger partial charge in [-0.05, 0) is 43.6 Å². The van der Waals surface area contributed by atoms with Gasteiger partial charge in [0.1, 0.15) is 0 Å². The first-order valence-corrected chi connectivity index (χ1v) is 10.6. The van der Waals surface area contributed by atoms with Gasteiger partial charge in [-0.2, -0.15) is 5.10 Å². The van der Waals surface area contributed by atoms with Crippen molar-refractivity contribution < 1.29 is 9.59 Å². The molecule has 4 rings (SSSR count). The summed E-state index contributed by atoms with van der Waals surface area (Å²) in [4.78, 5) is 29.6. The normalized spacial score (nSPS) is 24.6. The van der Waals surface area contributed by atoms with E-state index in [4.69, 9.17) is 0 Å². The van der Waals surface area contributed by atoms with Crippen molar-refractivity contribution in [3.8, 4) is 0 Å². The summed E-state index contributed by atoms with van der Waals surface area (Å²) in [5.74, 6) is 0.542. The van der Waals surface area contributed by atoms with Crippen LogP contribution in [0, 0.1) is 11.3 Å². The molecule has 0 unspecified atom stereocenters. The van der Waals surface area contributed by atoms with Gasteiger partial charge < -0.3 is 9.80 Å². The second-order valence-corrected chi connectivity index (χ2v) is 8.91. The lowest BCUT2D eigenvalue weighted by atomic mass is 9.72. The van der Waals surface area contributed by atoms with E-state index in [0.29, 0.717) is 24.9 Å². The third-order valence-electron chi connectivity index (χ3n) is 7.04. The van der Waals surface area contributed by atoms with Crippen LogP contribution in [0.3, 0.4) is 0 Å². The first-order valence-electron chi connectivity index (χ1n) is 10.6. The summed E-state index contributed by atoms with van der Waals surface area (Å²) in [5, 5.41) is 4.21. The van der Waals surface area contributed by atoms with E-state index in [9.17, 15) is 9.59 Å². The molecule has 1 spiro atoms. The molecule has 0 N–H and O–H groups in total. The standard InChI is InChI=1S/C21H32N4O2/c1-17(15-24-12-4-11-22-24)20(27)23-13-9-21(10-14-23)8-7-19(26)25(16-21)18-5-2-3-6-18/h4,11-12,17-18H,2-3,5-10,13-16H2,1H3/t17-/m0/s1. The first kappa shape index (κ1) is 18.5. The van der Waals surface area contributed by atoms with Crippen LogP contribution in [-0.4, -0.2) is 57.1 Å². The van der Waals surface area contributed by atoms with E-state index in [-0.39, 0.29) is 17.2 Å². The summed E-state index contributed by atoms with van der Waals surface area (Å²) < 4.78 is 1.83. The number of amides is 2. The molecule has 2 aliphatic heterocycles. The van der Waals surface area contributed by atoms with E-state index < -0.39 is 0 Å². The number of carbonyl (C=O) groups excluding carboxylic acids is 2. The highest BCUT2D eigenvalue weighted by Crippen LogP contribution is 2.42. The Balaban J connectivity index is 1.33. The van der Waals surface area contributed by atoms with Gasteiger partial charge >= 0.3 is 0 Å². The Kier molecular flexibility index (Phi) is 5.24. The third-order valence-corrected chi connectivity index (χ3v) is 7.04. The van der Waals surface area contributed by atoms with Crippen LogP contribution in [-0.2, 0) is 16.1 Å². The molecule has 1 aliphatic carbocycles. The summed E-state index contributed by atoms with van der Waals surface area (Å²) >= 11 is 0. The van der Waals surface area contributed by atoms with Gasteiger partial charge in [-0.3, -0.25) is 14.3 Å². The van der Waals surface area contributed by atoms with Gasteiger partial charge in [-0.15, -0.1) is 0 Å². The zero-order valence-electron chi connectivity index (χ0n) is 16.5. The number of hydrogen-bond acceptors (Lipinski definition) is 3. The molecule has 1 aromatic rings. The minimum Gasteiger partial charge on any atom is -0.342 e. The molecule has 148 valence electrons. The molecule has 3 aliphatic rings. The van der Waals surface area contributed by atoms with Crippen LogP contribution in [0.5, 0.6) is 0 Å². The number of rotatable bonds is 4. The lowest BCUT2D eigenvalue weighted by Crippen LogP contribution is -2.55. The molecule has 6 heteroatoms. The molecular formula is C21H32N4O2. The SMILES string of the molecule is C[C@@H](Cn1cccn1)C(=O)N1CCC2(CCC(=O)N(C3CCCC3)C2)CC1. The largest absolute Gasteiger partial charge is 0.342 e. The van der Waals surface area contributed by atoms with Crippen LogP contribution in [0.2, 0.25) is 0 Å². The van der Waals surface area contributed by atoms with Crippen LogP contribution in [0.15, 0.2) is 18.5 Å². The number of carbonyl (C=O) groups is 2. The van der Waals surface area contributed by atoms with Crippen molar-refractivity contribution in [2.24, 2.45) is 11.3 Å². The van der Waals surface area contributed by atoms with Crippen molar-refractivity contribution >= 4 is 11.8 Å². The van der Waals surface area contributed by atoms with Crippen LogP contribution in [0.4, 0.5) is 0 Å². The fourth-order valence-electron chi connectivity index (χ4n) is 5.28. The Morgan fingerprint density at radius 1 is 1.26 bits per heavy atom. The summed E-state index contributed by atoms with van der Waals surface area (Å²) in [6, 6.07) is 2.37. The van der Waals surface area contributed by atoms with Gasteiger partial charge in [0.25, 0.3) is 0 Å². The number of piperidine rings is 2. The van der Waals surface area contributed by atoms with Crippen molar-refractivity contribution in [3.63, 3.8) is 0 Å². The van der Waals surface area contributed by atoms with Crippen molar-refractivity contribution in [2.75, 3.05) is 19.6 Å². The van der Waals surface area contributed by atoms with E-state index in [2.05, 4.69) is 10.00 Å². The second-order valence-electron chi connectivity index (χ2n) is 8.91. The lowest BCUT2D eigenvalue weighted by Gasteiger charge is -2.49. The molecule has 2 saturated heterocycles. The third kappa shape index (κ3) is 3.90. The zero-order valence-corrected chi connectivity index (χ0v) is 16.5. The van der Waals surface area contributed by atoms with E-state index in [1.807, 2.05) is 28.8 Å². The number of hydrogen-bond donors (Lipinski definition) is 0. The van der Waals surface area contributed by atoms with E-state index in [0.717, 1.165) is 38.9 Å². The van der Waals surface area contributed by atoms with Gasteiger partial charge in [-0.1, -0.05) is 19.8 Å². The first-order chi connectivity index (χ1) is 13.1. The topological polar surface area (TPSA) is 58.4 Å². The Morgan fingerprint density at radius 3 is 2.67 bits per heavy atom. The Hall–Kier alpha value is -1.85. The van der Waals surface area contributed by atoms with Crippen molar-refractivity contribution in [1.29, 1.82) is 0 Å². The van der Waals surface area contributed by atoms with Crippen molar-refractivity contribution in [3.05, 3.63) is 18.5 Å². The van der Waals surface area contributed by atoms with Gasteiger partial charge in [-0.25, -0.2) is 0 Å². The molecule has 6 nitrogen and oxygen atoms in total. The highest BCUT2D eigenvalue weighted by Gasteiger charge is 2.44. The van der Waals surface area contributed by atoms with Crippen LogP contribution in [0.1, 0.15) is 58.3 Å². The second kappa shape index (κ2) is 7.64. The fourth-order valence-corrected chi connectivity index (χ4v) is 5.28. The average molecular weight is 373 g/mol. The summed E-state index contributed by atoms with van der Waals surface area (Å²) in [7, 11) is 0. The van der Waals surface area contributed by atoms with Gasteiger partial charge in [0.05, 0.1) is 12.5 Å². The molecule has 1 atom stereocenters. The van der Waals surface area contributed by atoms with Crippen LogP contribution in [0.25, 0.3) is 0 Å². The maximum absolute atomic E-state index is 12.8. The predicted octanol–water partition coefficient (Wildman–Crippen LogP) is 2.69. The fraction of sp³-hybridized carbons (Fsp3) is 0.762. The Labute approximate surface area is 161 Å². The molecule has 3 fully saturated rings. The highest BCUT2D eigenvalue weighted by atomic mass is 16.2. The smallest absolute Gasteiger partial charge is 0.227 e. The molecule has 0 radical (unpaired) electrons. The molecule has 3 heterocycles. The number of aromatic nitrogens is 2. The molecule has 0 bridgehead atoms.